The van der Waals surface area contributed by atoms with Crippen LogP contribution in [0.3, 0.4) is 0 Å². The molecule has 12 heteroatoms. The third kappa shape index (κ3) is 4.92. The molecule has 0 bridgehead atoms. The van der Waals surface area contributed by atoms with Crippen LogP contribution in [0.2, 0.25) is 5.02 Å². The Morgan fingerprint density at radius 2 is 1.63 bits per heavy atom. The molecule has 2 saturated heterocycles. The van der Waals surface area contributed by atoms with Gasteiger partial charge in [0.15, 0.2) is 11.5 Å². The molecule has 2 aliphatic carbocycles. The monoisotopic (exact) mass is 769 g/mol. The molecular formula is C39H30BrClFN3O6. The number of amides is 4. The average molecular weight is 771 g/mol. The summed E-state index contributed by atoms with van der Waals surface area (Å²) >= 11 is 9.82. The van der Waals surface area contributed by atoms with Gasteiger partial charge in [-0.2, -0.15) is 5.01 Å². The van der Waals surface area contributed by atoms with Gasteiger partial charge in [-0.1, -0.05) is 53.6 Å². The largest absolute Gasteiger partial charge is 0.503 e. The highest BCUT2D eigenvalue weighted by molar-refractivity contribution is 9.10. The maximum Gasteiger partial charge on any atom is 0.260 e. The number of carbonyl (C=O) groups excluding carboxylic acids is 4. The minimum Gasteiger partial charge on any atom is -0.503 e. The van der Waals surface area contributed by atoms with Gasteiger partial charge in [-0.15, -0.1) is 0 Å². The van der Waals surface area contributed by atoms with Crippen molar-refractivity contribution in [2.24, 2.45) is 23.7 Å². The Morgan fingerprint density at radius 1 is 0.922 bits per heavy atom. The van der Waals surface area contributed by atoms with Crippen molar-refractivity contribution in [3.8, 4) is 11.5 Å². The first kappa shape index (κ1) is 33.2. The van der Waals surface area contributed by atoms with Crippen LogP contribution < -0.4 is 15.1 Å². The van der Waals surface area contributed by atoms with E-state index in [9.17, 15) is 23.9 Å². The number of imide groups is 2. The molecule has 6 unspecified atom stereocenters. The molecule has 8 rings (SSSR count). The van der Waals surface area contributed by atoms with Crippen LogP contribution in [0.15, 0.2) is 107 Å². The van der Waals surface area contributed by atoms with Crippen LogP contribution in [0.25, 0.3) is 0 Å². The van der Waals surface area contributed by atoms with Crippen molar-refractivity contribution < 1.29 is 33.4 Å². The van der Waals surface area contributed by atoms with Gasteiger partial charge in [-0.05, 0) is 106 Å². The van der Waals surface area contributed by atoms with Gasteiger partial charge in [-0.25, -0.2) is 4.39 Å². The summed E-state index contributed by atoms with van der Waals surface area (Å²) in [4.78, 5) is 59.6. The number of nitrogens with zero attached hydrogens (tertiary/aromatic N) is 2. The van der Waals surface area contributed by atoms with E-state index < -0.39 is 52.6 Å². The number of aromatic hydroxyl groups is 1. The number of ether oxygens (including phenoxy) is 1. The molecule has 4 aromatic carbocycles. The normalized spacial score (nSPS) is 26.8. The molecule has 1 saturated carbocycles. The number of para-hydroxylation sites is 1. The van der Waals surface area contributed by atoms with Crippen LogP contribution in [-0.4, -0.2) is 40.9 Å². The van der Waals surface area contributed by atoms with E-state index in [0.717, 1.165) is 10.6 Å². The highest BCUT2D eigenvalue weighted by Crippen LogP contribution is 2.64. The van der Waals surface area contributed by atoms with Gasteiger partial charge in [0.05, 0.1) is 46.1 Å². The number of allylic oxidation sites excluding steroid dienone is 2. The molecule has 0 spiro atoms. The standard InChI is InChI=1S/C39H30BrClFN3O6/c1-51-31-18-20(17-30(40)34(31)46)33-26-15-16-27-32(37(49)44(35(27)47)25-5-3-2-4-6-25)28(26)19-29-36(48)45(43-24-13-11-23(42)12-14-24)38(50)39(29,33)21-7-9-22(41)10-8-21/h2-15,17-18,27-29,32-33,43,46H,16,19H2,1H3. The summed E-state index contributed by atoms with van der Waals surface area (Å²) < 4.78 is 19.7. The summed E-state index contributed by atoms with van der Waals surface area (Å²) in [7, 11) is 1.41. The number of methoxy groups -OCH3 is 1. The lowest BCUT2D eigenvalue weighted by Crippen LogP contribution is -2.53. The molecule has 2 heterocycles. The maximum atomic E-state index is 15.3. The van der Waals surface area contributed by atoms with Crippen molar-refractivity contribution in [1.82, 2.24) is 5.01 Å². The third-order valence-electron chi connectivity index (χ3n) is 10.9. The number of anilines is 2. The van der Waals surface area contributed by atoms with Crippen molar-refractivity contribution in [3.63, 3.8) is 0 Å². The minimum absolute atomic E-state index is 0.0936. The topological polar surface area (TPSA) is 116 Å². The molecule has 6 atom stereocenters. The lowest BCUT2D eigenvalue weighted by atomic mass is 9.49. The van der Waals surface area contributed by atoms with Crippen LogP contribution in [0.1, 0.15) is 29.9 Å². The van der Waals surface area contributed by atoms with Crippen LogP contribution in [0, 0.1) is 29.5 Å². The van der Waals surface area contributed by atoms with E-state index in [1.54, 1.807) is 60.7 Å². The Morgan fingerprint density at radius 3 is 2.31 bits per heavy atom. The summed E-state index contributed by atoms with van der Waals surface area (Å²) in [5, 5.41) is 12.3. The predicted molar refractivity (Wildman–Crippen MR) is 190 cm³/mol. The Kier molecular flexibility index (Phi) is 8.03. The van der Waals surface area contributed by atoms with Crippen LogP contribution >= 0.6 is 27.5 Å². The fraction of sp³-hybridized carbons (Fsp3) is 0.231. The molecule has 51 heavy (non-hydrogen) atoms. The van der Waals surface area contributed by atoms with E-state index in [1.165, 1.54) is 36.3 Å². The van der Waals surface area contributed by atoms with E-state index in [0.29, 0.717) is 32.0 Å². The van der Waals surface area contributed by atoms with Crippen molar-refractivity contribution in [2.75, 3.05) is 17.4 Å². The Hall–Kier alpha value is -5.00. The summed E-state index contributed by atoms with van der Waals surface area (Å²) in [6.07, 6.45) is 2.29. The lowest BCUT2D eigenvalue weighted by Gasteiger charge is -2.50. The van der Waals surface area contributed by atoms with Crippen LogP contribution in [0.4, 0.5) is 15.8 Å². The SMILES string of the molecule is COc1cc(C2C3=CCC4C(=O)N(c5ccccc5)C(=O)C4C3CC3C(=O)N(Nc4ccc(F)cc4)C(=O)C32c2ccc(Cl)cc2)cc(Br)c1O. The predicted octanol–water partition coefficient (Wildman–Crippen LogP) is 7.15. The Bertz CT molecular complexity index is 2150. The van der Waals surface area contributed by atoms with E-state index in [1.807, 2.05) is 12.1 Å². The van der Waals surface area contributed by atoms with Gasteiger partial charge in [-0.3, -0.25) is 29.5 Å². The zero-order valence-corrected chi connectivity index (χ0v) is 29.4. The summed E-state index contributed by atoms with van der Waals surface area (Å²) in [5.74, 6) is -6.15. The number of hydrogen-bond donors (Lipinski definition) is 2. The first-order valence-electron chi connectivity index (χ1n) is 16.4. The van der Waals surface area contributed by atoms with Crippen molar-refractivity contribution in [2.45, 2.75) is 24.2 Å². The number of fused-ring (bicyclic) bond motifs is 4. The van der Waals surface area contributed by atoms with Gasteiger partial charge in [0.25, 0.3) is 11.8 Å². The highest BCUT2D eigenvalue weighted by atomic mass is 79.9. The first-order chi connectivity index (χ1) is 24.6. The highest BCUT2D eigenvalue weighted by Gasteiger charge is 2.70. The summed E-state index contributed by atoms with van der Waals surface area (Å²) in [6.45, 7) is 0. The number of hydrogen-bond acceptors (Lipinski definition) is 7. The number of phenols is 1. The number of halogens is 3. The quantitative estimate of drug-likeness (QED) is 0.158. The molecule has 2 N–H and O–H groups in total. The van der Waals surface area contributed by atoms with Crippen molar-refractivity contribution in [1.29, 1.82) is 0 Å². The molecule has 0 aromatic heterocycles. The second kappa shape index (κ2) is 12.3. The lowest BCUT2D eigenvalue weighted by molar-refractivity contribution is -0.138. The van der Waals surface area contributed by atoms with Crippen molar-refractivity contribution >= 4 is 62.5 Å². The van der Waals surface area contributed by atoms with Crippen LogP contribution in [0.5, 0.6) is 11.5 Å². The van der Waals surface area contributed by atoms with Gasteiger partial charge in [0.2, 0.25) is 11.8 Å². The third-order valence-corrected chi connectivity index (χ3v) is 11.7. The average Bonchev–Trinajstić information content (AvgIpc) is 3.51. The van der Waals surface area contributed by atoms with Gasteiger partial charge in [0.1, 0.15) is 5.82 Å². The zero-order valence-electron chi connectivity index (χ0n) is 27.1. The molecular weight excluding hydrogens is 741 g/mol. The van der Waals surface area contributed by atoms with Crippen molar-refractivity contribution in [3.05, 3.63) is 129 Å². The van der Waals surface area contributed by atoms with E-state index in [2.05, 4.69) is 21.4 Å². The number of benzene rings is 4. The van der Waals surface area contributed by atoms with Gasteiger partial charge < -0.3 is 9.84 Å². The van der Waals surface area contributed by atoms with Gasteiger partial charge >= 0.3 is 0 Å². The number of phenolic OH excluding ortho intramolecular Hbond substituents is 1. The first-order valence-corrected chi connectivity index (χ1v) is 17.6. The number of rotatable bonds is 6. The maximum absolute atomic E-state index is 15.3. The number of carbonyl (C=O) groups is 4. The zero-order chi connectivity index (χ0) is 35.8. The fourth-order valence-electron chi connectivity index (χ4n) is 8.78. The smallest absolute Gasteiger partial charge is 0.260 e. The Labute approximate surface area is 305 Å². The molecule has 9 nitrogen and oxygen atoms in total. The fourth-order valence-corrected chi connectivity index (χ4v) is 9.36. The molecule has 258 valence electrons. The number of hydrazine groups is 1. The van der Waals surface area contributed by atoms with Crippen LogP contribution in [-0.2, 0) is 24.6 Å². The molecule has 4 aliphatic rings. The number of nitrogens with one attached hydrogen (secondary N) is 1. The molecule has 3 fully saturated rings. The van der Waals surface area contributed by atoms with E-state index in [4.69, 9.17) is 16.3 Å². The Balaban J connectivity index is 1.35. The minimum atomic E-state index is -1.57. The summed E-state index contributed by atoms with van der Waals surface area (Å²) in [5.41, 5.74) is 3.96. The van der Waals surface area contributed by atoms with Gasteiger partial charge in [0, 0.05) is 10.9 Å². The van der Waals surface area contributed by atoms with E-state index >= 15 is 4.79 Å². The molecule has 4 amide bonds. The second-order valence-electron chi connectivity index (χ2n) is 13.3. The molecule has 0 radical (unpaired) electrons. The second-order valence-corrected chi connectivity index (χ2v) is 14.6. The molecule has 2 aliphatic heterocycles. The molecule has 4 aromatic rings. The van der Waals surface area contributed by atoms with E-state index in [-0.39, 0.29) is 36.2 Å². The summed E-state index contributed by atoms with van der Waals surface area (Å²) in [6, 6.07) is 24.2.